The highest BCUT2D eigenvalue weighted by molar-refractivity contribution is 5.95. The molecule has 0 spiro atoms. The molecule has 0 aliphatic carbocycles. The number of aromatic nitrogens is 3. The van der Waals surface area contributed by atoms with Gasteiger partial charge in [0.05, 0.1) is 11.3 Å². The zero-order chi connectivity index (χ0) is 15.5. The van der Waals surface area contributed by atoms with Crippen molar-refractivity contribution in [2.45, 2.75) is 13.5 Å². The van der Waals surface area contributed by atoms with Crippen LogP contribution in [0.15, 0.2) is 30.7 Å². The predicted octanol–water partition coefficient (Wildman–Crippen LogP) is 1.08. The molecule has 0 N–H and O–H groups in total. The number of piperazine rings is 1. The Bertz CT molecular complexity index is 644. The predicted molar refractivity (Wildman–Crippen MR) is 83.4 cm³/mol. The molecule has 1 aliphatic heterocycles. The average molecular weight is 299 g/mol. The molecule has 6 heteroatoms. The van der Waals surface area contributed by atoms with E-state index in [0.29, 0.717) is 5.56 Å². The van der Waals surface area contributed by atoms with Crippen LogP contribution in [0.2, 0.25) is 0 Å². The Morgan fingerprint density at radius 3 is 2.64 bits per heavy atom. The number of nitrogens with zero attached hydrogens (tertiary/aromatic N) is 5. The number of carbonyl (C=O) groups excluding carboxylic acids is 1. The third-order valence-corrected chi connectivity index (χ3v) is 4.03. The molecule has 1 aliphatic rings. The van der Waals surface area contributed by atoms with Gasteiger partial charge in [0.15, 0.2) is 0 Å². The molecule has 0 atom stereocenters. The van der Waals surface area contributed by atoms with Crippen molar-refractivity contribution in [3.05, 3.63) is 47.5 Å². The van der Waals surface area contributed by atoms with E-state index < -0.39 is 0 Å². The lowest BCUT2D eigenvalue weighted by Gasteiger charge is -2.34. The summed E-state index contributed by atoms with van der Waals surface area (Å²) in [5, 5.41) is 4.25. The van der Waals surface area contributed by atoms with Crippen LogP contribution < -0.4 is 0 Å². The number of pyridine rings is 1. The number of rotatable bonds is 3. The minimum Gasteiger partial charge on any atom is -0.336 e. The molecule has 1 saturated heterocycles. The van der Waals surface area contributed by atoms with Gasteiger partial charge in [-0.25, -0.2) is 0 Å². The maximum absolute atomic E-state index is 12.5. The van der Waals surface area contributed by atoms with Crippen LogP contribution in [-0.4, -0.2) is 56.7 Å². The van der Waals surface area contributed by atoms with Crippen molar-refractivity contribution in [1.29, 1.82) is 0 Å². The van der Waals surface area contributed by atoms with Gasteiger partial charge in [0, 0.05) is 58.4 Å². The minimum atomic E-state index is 0.0895. The van der Waals surface area contributed by atoms with Crippen LogP contribution in [-0.2, 0) is 13.6 Å². The van der Waals surface area contributed by atoms with Gasteiger partial charge in [0.1, 0.15) is 0 Å². The summed E-state index contributed by atoms with van der Waals surface area (Å²) in [6.45, 7) is 6.06. The van der Waals surface area contributed by atoms with Gasteiger partial charge in [0.25, 0.3) is 5.91 Å². The van der Waals surface area contributed by atoms with Crippen LogP contribution in [0, 0.1) is 6.92 Å². The quantitative estimate of drug-likeness (QED) is 0.851. The van der Waals surface area contributed by atoms with Gasteiger partial charge < -0.3 is 4.90 Å². The molecule has 0 aromatic carbocycles. The van der Waals surface area contributed by atoms with Gasteiger partial charge in [-0.1, -0.05) is 6.07 Å². The number of hydrogen-bond acceptors (Lipinski definition) is 4. The number of carbonyl (C=O) groups is 1. The highest BCUT2D eigenvalue weighted by atomic mass is 16.2. The highest BCUT2D eigenvalue weighted by Crippen LogP contribution is 2.13. The molecule has 0 bridgehead atoms. The van der Waals surface area contributed by atoms with Crippen molar-refractivity contribution in [1.82, 2.24) is 24.6 Å². The molecule has 0 radical (unpaired) electrons. The van der Waals surface area contributed by atoms with Crippen LogP contribution in [0.1, 0.15) is 21.6 Å². The third-order valence-electron chi connectivity index (χ3n) is 4.03. The van der Waals surface area contributed by atoms with E-state index in [9.17, 15) is 4.79 Å². The third kappa shape index (κ3) is 3.17. The monoisotopic (exact) mass is 299 g/mol. The Kier molecular flexibility index (Phi) is 4.20. The first-order valence-electron chi connectivity index (χ1n) is 7.54. The normalized spacial score (nSPS) is 16.0. The van der Waals surface area contributed by atoms with E-state index in [0.717, 1.165) is 38.4 Å². The van der Waals surface area contributed by atoms with E-state index in [1.807, 2.05) is 31.1 Å². The summed E-state index contributed by atoms with van der Waals surface area (Å²) >= 11 is 0. The molecule has 2 aromatic heterocycles. The summed E-state index contributed by atoms with van der Waals surface area (Å²) in [4.78, 5) is 21.0. The maximum atomic E-state index is 12.5. The Balaban J connectivity index is 1.57. The minimum absolute atomic E-state index is 0.0895. The zero-order valence-corrected chi connectivity index (χ0v) is 13.1. The molecule has 6 nitrogen and oxygen atoms in total. The molecule has 2 aromatic rings. The van der Waals surface area contributed by atoms with E-state index in [1.165, 1.54) is 5.56 Å². The molecule has 22 heavy (non-hydrogen) atoms. The molecular formula is C16H21N5O. The van der Waals surface area contributed by atoms with Crippen molar-refractivity contribution in [3.8, 4) is 0 Å². The van der Waals surface area contributed by atoms with Gasteiger partial charge in [-0.2, -0.15) is 5.10 Å². The molecule has 1 fully saturated rings. The van der Waals surface area contributed by atoms with Crippen LogP contribution in [0.25, 0.3) is 0 Å². The molecule has 3 heterocycles. The molecule has 116 valence electrons. The standard InChI is InChI=1S/C16H21N5O/c1-13-15(12-19(2)18-13)16(22)21-8-6-20(7-9-21)11-14-4-3-5-17-10-14/h3-5,10,12H,6-9,11H2,1-2H3. The van der Waals surface area contributed by atoms with Crippen molar-refractivity contribution in [3.63, 3.8) is 0 Å². The van der Waals surface area contributed by atoms with Gasteiger partial charge in [0.2, 0.25) is 0 Å². The Labute approximate surface area is 130 Å². The van der Waals surface area contributed by atoms with Crippen LogP contribution in [0.3, 0.4) is 0 Å². The number of hydrogen-bond donors (Lipinski definition) is 0. The summed E-state index contributed by atoms with van der Waals surface area (Å²) in [5.74, 6) is 0.0895. The zero-order valence-electron chi connectivity index (χ0n) is 13.1. The second kappa shape index (κ2) is 6.27. The van der Waals surface area contributed by atoms with Crippen molar-refractivity contribution < 1.29 is 4.79 Å². The smallest absolute Gasteiger partial charge is 0.257 e. The highest BCUT2D eigenvalue weighted by Gasteiger charge is 2.24. The van der Waals surface area contributed by atoms with E-state index in [2.05, 4.69) is 21.0 Å². The summed E-state index contributed by atoms with van der Waals surface area (Å²) < 4.78 is 1.70. The largest absolute Gasteiger partial charge is 0.336 e. The fourth-order valence-corrected chi connectivity index (χ4v) is 2.84. The molecule has 0 unspecified atom stereocenters. The molecule has 3 rings (SSSR count). The fraction of sp³-hybridized carbons (Fsp3) is 0.438. The lowest BCUT2D eigenvalue weighted by molar-refractivity contribution is 0.0627. The lowest BCUT2D eigenvalue weighted by atomic mass is 10.2. The van der Waals surface area contributed by atoms with E-state index >= 15 is 0 Å². The summed E-state index contributed by atoms with van der Waals surface area (Å²) in [6.07, 6.45) is 5.49. The summed E-state index contributed by atoms with van der Waals surface area (Å²) in [7, 11) is 1.84. The first kappa shape index (κ1) is 14.7. The van der Waals surface area contributed by atoms with Gasteiger partial charge >= 0.3 is 0 Å². The lowest BCUT2D eigenvalue weighted by Crippen LogP contribution is -2.48. The van der Waals surface area contributed by atoms with Crippen LogP contribution in [0.5, 0.6) is 0 Å². The molecule has 0 saturated carbocycles. The van der Waals surface area contributed by atoms with Gasteiger partial charge in [-0.05, 0) is 18.6 Å². The Hall–Kier alpha value is -2.21. The fourth-order valence-electron chi connectivity index (χ4n) is 2.84. The van der Waals surface area contributed by atoms with Crippen molar-refractivity contribution >= 4 is 5.91 Å². The van der Waals surface area contributed by atoms with Gasteiger partial charge in [-0.15, -0.1) is 0 Å². The first-order chi connectivity index (χ1) is 10.6. The van der Waals surface area contributed by atoms with Crippen LogP contribution >= 0.6 is 0 Å². The van der Waals surface area contributed by atoms with E-state index in [4.69, 9.17) is 0 Å². The first-order valence-corrected chi connectivity index (χ1v) is 7.54. The second-order valence-electron chi connectivity index (χ2n) is 5.73. The van der Waals surface area contributed by atoms with Crippen LogP contribution in [0.4, 0.5) is 0 Å². The van der Waals surface area contributed by atoms with Crippen molar-refractivity contribution in [2.24, 2.45) is 7.05 Å². The van der Waals surface area contributed by atoms with Crippen molar-refractivity contribution in [2.75, 3.05) is 26.2 Å². The van der Waals surface area contributed by atoms with E-state index in [1.54, 1.807) is 17.1 Å². The average Bonchev–Trinajstić information content (AvgIpc) is 2.87. The van der Waals surface area contributed by atoms with Gasteiger partial charge in [-0.3, -0.25) is 19.4 Å². The summed E-state index contributed by atoms with van der Waals surface area (Å²) in [6, 6.07) is 4.05. The molecule has 1 amide bonds. The number of amides is 1. The van der Waals surface area contributed by atoms with E-state index in [-0.39, 0.29) is 5.91 Å². The molecular weight excluding hydrogens is 278 g/mol. The Morgan fingerprint density at radius 1 is 1.27 bits per heavy atom. The SMILES string of the molecule is Cc1nn(C)cc1C(=O)N1CCN(Cc2cccnc2)CC1. The topological polar surface area (TPSA) is 54.3 Å². The Morgan fingerprint density at radius 2 is 2.05 bits per heavy atom. The maximum Gasteiger partial charge on any atom is 0.257 e. The summed E-state index contributed by atoms with van der Waals surface area (Å²) in [5.41, 5.74) is 2.72. The second-order valence-corrected chi connectivity index (χ2v) is 5.73. The number of aryl methyl sites for hydroxylation is 2.